The number of rotatable bonds is 19. The summed E-state index contributed by atoms with van der Waals surface area (Å²) in [4.78, 5) is 9.04. The number of nitrogens with zero attached hydrogens (tertiary/aromatic N) is 2. The fourth-order valence-corrected chi connectivity index (χ4v) is 6.00. The Morgan fingerprint density at radius 2 is 1.49 bits per heavy atom. The zero-order chi connectivity index (χ0) is 40.0. The first-order chi connectivity index (χ1) is 23.5. The van der Waals surface area contributed by atoms with Crippen LogP contribution in [0.15, 0.2) is 42.6 Å². The van der Waals surface area contributed by atoms with Gasteiger partial charge in [0, 0.05) is 49.5 Å². The number of aryl methyl sites for hydroxylation is 1. The number of hydrogen-bond donors (Lipinski definition) is 9. The first-order valence-corrected chi connectivity index (χ1v) is 18.5. The molecule has 7 unspecified atom stereocenters. The number of halogens is 2. The van der Waals surface area contributed by atoms with E-state index in [9.17, 15) is 39.4 Å². The van der Waals surface area contributed by atoms with Crippen LogP contribution in [-0.2, 0) is 11.3 Å². The minimum Gasteiger partial charge on any atom is -0.364 e. The van der Waals surface area contributed by atoms with Crippen LogP contribution in [-0.4, -0.2) is 95.0 Å². The number of nitrogens with one attached hydrogen (secondary N) is 1. The number of nitrogens with two attached hydrogens (primary N) is 2. The van der Waals surface area contributed by atoms with Crippen LogP contribution in [0.3, 0.4) is 0 Å². The maximum absolute atomic E-state index is 13.8. The van der Waals surface area contributed by atoms with Gasteiger partial charge in [0.25, 0.3) is 11.9 Å². The minimum absolute atomic E-state index is 0.00785. The second kappa shape index (κ2) is 21.8. The van der Waals surface area contributed by atoms with Crippen LogP contribution in [0.2, 0.25) is 0 Å². The first-order valence-electron chi connectivity index (χ1n) is 18.5. The lowest BCUT2D eigenvalue weighted by Gasteiger charge is -2.50. The summed E-state index contributed by atoms with van der Waals surface area (Å²) in [5.74, 6) is -12.2. The van der Waals surface area contributed by atoms with Crippen molar-refractivity contribution in [1.82, 2.24) is 15.3 Å². The molecule has 1 aromatic rings. The van der Waals surface area contributed by atoms with Crippen molar-refractivity contribution in [2.24, 2.45) is 29.2 Å². The summed E-state index contributed by atoms with van der Waals surface area (Å²) in [6, 6.07) is 8.28. The van der Waals surface area contributed by atoms with E-state index in [0.29, 0.717) is 12.1 Å². The molecule has 51 heavy (non-hydrogen) atoms. The zero-order valence-electron chi connectivity index (χ0n) is 32.7. The highest BCUT2D eigenvalue weighted by molar-refractivity contribution is 5.15. The lowest BCUT2D eigenvalue weighted by molar-refractivity contribution is -0.351. The highest BCUT2D eigenvalue weighted by atomic mass is 19.3. The number of hydrogen-bond acceptors (Lipinski definition) is 12. The Balaban J connectivity index is 0.00000602. The van der Waals surface area contributed by atoms with Gasteiger partial charge < -0.3 is 42.1 Å². The van der Waals surface area contributed by atoms with Crippen molar-refractivity contribution in [3.63, 3.8) is 0 Å². The average molecular weight is 736 g/mol. The van der Waals surface area contributed by atoms with Crippen molar-refractivity contribution in [2.75, 3.05) is 6.54 Å². The van der Waals surface area contributed by atoms with Crippen LogP contribution in [0, 0.1) is 17.8 Å². The fourth-order valence-electron chi connectivity index (χ4n) is 6.00. The van der Waals surface area contributed by atoms with Gasteiger partial charge in [-0.2, -0.15) is 0 Å². The molecule has 11 N–H and O–H groups in total. The summed E-state index contributed by atoms with van der Waals surface area (Å²) in [6.45, 7) is 21.9. The van der Waals surface area contributed by atoms with Gasteiger partial charge in [0.1, 0.15) is 6.17 Å². The Hall–Kier alpha value is -1.82. The molecular formula is C37H71F2N5O7. The molecular weight excluding hydrogens is 664 g/mol. The van der Waals surface area contributed by atoms with Crippen molar-refractivity contribution >= 4 is 0 Å². The lowest BCUT2D eigenvalue weighted by Crippen LogP contribution is -2.70. The first kappa shape index (κ1) is 49.2. The molecule has 0 aliphatic heterocycles. The quantitative estimate of drug-likeness (QED) is 0.0728. The summed E-state index contributed by atoms with van der Waals surface area (Å²) in [5.41, 5.74) is 16.7. The molecule has 1 aromatic carbocycles. The zero-order valence-corrected chi connectivity index (χ0v) is 32.7. The van der Waals surface area contributed by atoms with E-state index in [4.69, 9.17) is 16.3 Å². The molecule has 1 aliphatic rings. The van der Waals surface area contributed by atoms with Gasteiger partial charge in [-0.05, 0) is 51.5 Å². The third-order valence-corrected chi connectivity index (χ3v) is 9.86. The maximum Gasteiger partial charge on any atom is 0.280 e. The average Bonchev–Trinajstić information content (AvgIpc) is 3.09. The van der Waals surface area contributed by atoms with Gasteiger partial charge in [-0.15, -0.1) is 0 Å². The molecule has 1 fully saturated rings. The van der Waals surface area contributed by atoms with E-state index in [2.05, 4.69) is 12.1 Å². The van der Waals surface area contributed by atoms with E-state index in [1.807, 2.05) is 78.8 Å². The molecule has 0 aromatic heterocycles. The highest BCUT2D eigenvalue weighted by Gasteiger charge is 2.47. The molecule has 1 saturated carbocycles. The third-order valence-electron chi connectivity index (χ3n) is 9.86. The van der Waals surface area contributed by atoms with Gasteiger partial charge in [-0.3, -0.25) is 10.4 Å². The molecule has 7 atom stereocenters. The molecule has 300 valence electrons. The Bertz CT molecular complexity index is 1100. The summed E-state index contributed by atoms with van der Waals surface area (Å²) in [7, 11) is 0. The van der Waals surface area contributed by atoms with Gasteiger partial charge in [-0.25, -0.2) is 18.5 Å². The number of benzene rings is 1. The van der Waals surface area contributed by atoms with E-state index in [1.54, 1.807) is 11.8 Å². The SMILES string of the molecule is C=C(NOC(O)(CCc1ccccc1)N(CC(C)N(C(N)C(C)C(O)(O)O)C(N)C(C)(O)O)C(C)C(C)CC)C1CCC(F)(F)CC1.CC.CC. The Kier molecular flexibility index (Phi) is 21.0. The van der Waals surface area contributed by atoms with Gasteiger partial charge in [0.05, 0.1) is 12.1 Å². The Labute approximate surface area is 305 Å². The normalized spacial score (nSPS) is 20.0. The van der Waals surface area contributed by atoms with Gasteiger partial charge in [0.2, 0.25) is 5.92 Å². The second-order valence-corrected chi connectivity index (χ2v) is 13.7. The van der Waals surface area contributed by atoms with Crippen molar-refractivity contribution in [3.05, 3.63) is 48.2 Å². The van der Waals surface area contributed by atoms with Gasteiger partial charge >= 0.3 is 0 Å². The van der Waals surface area contributed by atoms with E-state index in [-0.39, 0.29) is 56.5 Å². The van der Waals surface area contributed by atoms with Crippen molar-refractivity contribution in [3.8, 4) is 0 Å². The van der Waals surface area contributed by atoms with Crippen LogP contribution in [0.4, 0.5) is 8.78 Å². The van der Waals surface area contributed by atoms with Crippen LogP contribution >= 0.6 is 0 Å². The fraction of sp³-hybridized carbons (Fsp3) is 0.784. The summed E-state index contributed by atoms with van der Waals surface area (Å²) in [5, 5.41) is 63.2. The molecule has 0 amide bonds. The topological polar surface area (TPSA) is 201 Å². The third kappa shape index (κ3) is 15.2. The van der Waals surface area contributed by atoms with Crippen molar-refractivity contribution in [2.45, 2.75) is 162 Å². The minimum atomic E-state index is -3.21. The van der Waals surface area contributed by atoms with Crippen molar-refractivity contribution in [1.29, 1.82) is 0 Å². The summed E-state index contributed by atoms with van der Waals surface area (Å²) in [6.07, 6.45) is -1.94. The molecule has 0 bridgehead atoms. The van der Waals surface area contributed by atoms with Crippen LogP contribution in [0.5, 0.6) is 0 Å². The predicted molar refractivity (Wildman–Crippen MR) is 197 cm³/mol. The monoisotopic (exact) mass is 736 g/mol. The second-order valence-electron chi connectivity index (χ2n) is 13.7. The number of alkyl halides is 2. The molecule has 1 aliphatic carbocycles. The van der Waals surface area contributed by atoms with Crippen LogP contribution in [0.1, 0.15) is 113 Å². The molecule has 0 radical (unpaired) electrons. The number of allylic oxidation sites excluding steroid dienone is 1. The van der Waals surface area contributed by atoms with Gasteiger partial charge in [-0.1, -0.05) is 91.8 Å². The van der Waals surface area contributed by atoms with Crippen LogP contribution in [0.25, 0.3) is 0 Å². The standard InChI is InChI=1S/C33H59F2N5O7.2C2H6/c1-8-21(2)25(6)39(20-22(3)40(29(37)30(7,41)42)28(36)23(4)33(44,45)46)32(43,19-14-26-12-10-9-11-13-26)47-38-24(5)27-15-17-31(34,35)18-16-27;2*1-2/h9-13,21-23,25,27-29,38,41-46H,5,8,14-20,36-37H2,1-4,6-7H3;2*1-2H3. The molecule has 0 spiro atoms. The van der Waals surface area contributed by atoms with E-state index < -0.39 is 47.9 Å². The van der Waals surface area contributed by atoms with E-state index in [0.717, 1.165) is 18.9 Å². The molecule has 0 saturated heterocycles. The number of hydroxylamine groups is 1. The predicted octanol–water partition coefficient (Wildman–Crippen LogP) is 4.14. The molecule has 12 nitrogen and oxygen atoms in total. The molecule has 0 heterocycles. The lowest BCUT2D eigenvalue weighted by atomic mass is 9.85. The highest BCUT2D eigenvalue weighted by Crippen LogP contribution is 2.38. The van der Waals surface area contributed by atoms with Crippen LogP contribution < -0.4 is 16.9 Å². The summed E-state index contributed by atoms with van der Waals surface area (Å²) < 4.78 is 27.7. The maximum atomic E-state index is 13.8. The number of aliphatic hydroxyl groups is 6. The Morgan fingerprint density at radius 3 is 1.94 bits per heavy atom. The Morgan fingerprint density at radius 1 is 0.980 bits per heavy atom. The summed E-state index contributed by atoms with van der Waals surface area (Å²) >= 11 is 0. The van der Waals surface area contributed by atoms with E-state index >= 15 is 0 Å². The molecule has 2 rings (SSSR count). The largest absolute Gasteiger partial charge is 0.364 e. The van der Waals surface area contributed by atoms with E-state index in [1.165, 1.54) is 11.8 Å². The molecule has 14 heteroatoms. The van der Waals surface area contributed by atoms with Gasteiger partial charge in [0.15, 0.2) is 5.79 Å². The smallest absolute Gasteiger partial charge is 0.280 e. The van der Waals surface area contributed by atoms with Crippen molar-refractivity contribution < 1.29 is 44.3 Å².